The van der Waals surface area contributed by atoms with Crippen molar-refractivity contribution in [3.63, 3.8) is 0 Å². The summed E-state index contributed by atoms with van der Waals surface area (Å²) in [7, 11) is 0. The fourth-order valence-corrected chi connectivity index (χ4v) is 2.87. The van der Waals surface area contributed by atoms with Crippen LogP contribution in [0.1, 0.15) is 42.6 Å². The molecule has 0 saturated heterocycles. The number of nitrogens with zero attached hydrogens (tertiary/aromatic N) is 1. The molecular formula is C13H13NO4S. The number of rotatable bonds is 2. The highest BCUT2D eigenvalue weighted by Crippen LogP contribution is 2.30. The number of Topliss-reactive ketones (excluding diaryl/α,β-unsaturated/α-hetero) is 1. The number of carbonyl (C=O) groups is 2. The molecule has 0 spiro atoms. The third kappa shape index (κ3) is 2.54. The van der Waals surface area contributed by atoms with Gasteiger partial charge in [0.1, 0.15) is 0 Å². The van der Waals surface area contributed by atoms with Gasteiger partial charge in [-0.25, -0.2) is 4.79 Å². The van der Waals surface area contributed by atoms with Crippen molar-refractivity contribution in [1.82, 2.24) is 0 Å². The minimum Gasteiger partial charge on any atom is -0.605 e. The van der Waals surface area contributed by atoms with Gasteiger partial charge in [-0.3, -0.25) is 4.79 Å². The van der Waals surface area contributed by atoms with Crippen LogP contribution in [0.3, 0.4) is 0 Å². The van der Waals surface area contributed by atoms with Gasteiger partial charge in [0.05, 0.1) is 16.7 Å². The van der Waals surface area contributed by atoms with Gasteiger partial charge in [0.15, 0.2) is 4.90 Å². The van der Waals surface area contributed by atoms with Crippen LogP contribution in [0.25, 0.3) is 0 Å². The summed E-state index contributed by atoms with van der Waals surface area (Å²) in [6, 6.07) is 5.22. The van der Waals surface area contributed by atoms with Gasteiger partial charge >= 0.3 is 11.0 Å². The summed E-state index contributed by atoms with van der Waals surface area (Å²) < 4.78 is 12.1. The maximum absolute atomic E-state index is 12.1. The van der Waals surface area contributed by atoms with Gasteiger partial charge in [-0.1, -0.05) is 19.9 Å². The van der Waals surface area contributed by atoms with E-state index < -0.39 is 22.9 Å². The van der Waals surface area contributed by atoms with Crippen LogP contribution in [0.5, 0.6) is 0 Å². The molecule has 0 N–H and O–H groups in total. The van der Waals surface area contributed by atoms with Crippen LogP contribution >= 0.6 is 0 Å². The normalized spacial score (nSPS) is 19.9. The Labute approximate surface area is 113 Å². The maximum Gasteiger partial charge on any atom is 0.332 e. The average molecular weight is 279 g/mol. The minimum atomic E-state index is -1.68. The number of oxime groups is 1. The monoisotopic (exact) mass is 279 g/mol. The zero-order chi connectivity index (χ0) is 14.2. The summed E-state index contributed by atoms with van der Waals surface area (Å²) in [5.41, 5.74) is 1.35. The van der Waals surface area contributed by atoms with Crippen LogP contribution in [-0.2, 0) is 20.8 Å². The van der Waals surface area contributed by atoms with Crippen LogP contribution in [-0.4, -0.2) is 21.3 Å². The summed E-state index contributed by atoms with van der Waals surface area (Å²) in [6.45, 7) is 5.17. The second-order valence-corrected chi connectivity index (χ2v) is 5.85. The van der Waals surface area contributed by atoms with E-state index in [-0.39, 0.29) is 11.0 Å². The van der Waals surface area contributed by atoms with E-state index in [1.54, 1.807) is 12.1 Å². The predicted octanol–water partition coefficient (Wildman–Crippen LogP) is 1.99. The van der Waals surface area contributed by atoms with E-state index >= 15 is 0 Å². The lowest BCUT2D eigenvalue weighted by Gasteiger charge is -2.06. The van der Waals surface area contributed by atoms with Crippen molar-refractivity contribution < 1.29 is 19.0 Å². The average Bonchev–Trinajstić information content (AvgIpc) is 2.59. The standard InChI is InChI=1S/C13H13NO4S/c1-7(2)9-4-5-11-10(6-9)12(16)13(19(11)17)14-18-8(3)15/h4-7H,1-3H3/b14-13+. The van der Waals surface area contributed by atoms with Crippen molar-refractivity contribution in [3.05, 3.63) is 29.3 Å². The first-order chi connectivity index (χ1) is 8.91. The summed E-state index contributed by atoms with van der Waals surface area (Å²) >= 11 is -1.68. The van der Waals surface area contributed by atoms with Crippen molar-refractivity contribution in [1.29, 1.82) is 0 Å². The van der Waals surface area contributed by atoms with Gasteiger partial charge in [-0.05, 0) is 28.8 Å². The highest BCUT2D eigenvalue weighted by atomic mass is 32.2. The molecule has 6 heteroatoms. The second-order valence-electron chi connectivity index (χ2n) is 4.49. The van der Waals surface area contributed by atoms with Crippen LogP contribution in [0.4, 0.5) is 0 Å². The molecule has 0 saturated carbocycles. The summed E-state index contributed by atoms with van der Waals surface area (Å²) in [5.74, 6) is -0.839. The van der Waals surface area contributed by atoms with Gasteiger partial charge in [0.25, 0.3) is 5.78 Å². The fraction of sp³-hybridized carbons (Fsp3) is 0.308. The number of benzene rings is 1. The molecule has 1 aliphatic rings. The predicted molar refractivity (Wildman–Crippen MR) is 70.5 cm³/mol. The molecular weight excluding hydrogens is 266 g/mol. The van der Waals surface area contributed by atoms with Gasteiger partial charge in [-0.15, -0.1) is 0 Å². The lowest BCUT2D eigenvalue weighted by molar-refractivity contribution is -0.140. The number of fused-ring (bicyclic) bond motifs is 1. The Balaban J connectivity index is 2.41. The highest BCUT2D eigenvalue weighted by molar-refractivity contribution is 8.09. The first-order valence-corrected chi connectivity index (χ1v) is 6.92. The maximum atomic E-state index is 12.1. The molecule has 0 aliphatic carbocycles. The molecule has 1 aromatic rings. The number of ketones is 1. The lowest BCUT2D eigenvalue weighted by atomic mass is 9.99. The first-order valence-electron chi connectivity index (χ1n) is 5.77. The topological polar surface area (TPSA) is 78.8 Å². The van der Waals surface area contributed by atoms with Gasteiger partial charge in [-0.2, -0.15) is 0 Å². The zero-order valence-corrected chi connectivity index (χ0v) is 11.6. The summed E-state index contributed by atoms with van der Waals surface area (Å²) in [6.07, 6.45) is 0. The number of carbonyl (C=O) groups excluding carboxylic acids is 2. The molecule has 0 aromatic heterocycles. The van der Waals surface area contributed by atoms with E-state index in [0.29, 0.717) is 10.5 Å². The SMILES string of the molecule is CC(=O)O/N=C1\C(=O)c2cc(C(C)C)ccc2[S+]1[O-]. The molecule has 1 aliphatic heterocycles. The van der Waals surface area contributed by atoms with E-state index in [1.807, 2.05) is 19.9 Å². The Hall–Kier alpha value is -1.66. The molecule has 0 fully saturated rings. The van der Waals surface area contributed by atoms with Crippen molar-refractivity contribution >= 4 is 28.0 Å². The van der Waals surface area contributed by atoms with E-state index in [2.05, 4.69) is 9.99 Å². The number of hydrogen-bond acceptors (Lipinski definition) is 5. The molecule has 19 heavy (non-hydrogen) atoms. The minimum absolute atomic E-state index is 0.230. The molecule has 0 bridgehead atoms. The van der Waals surface area contributed by atoms with E-state index in [1.165, 1.54) is 0 Å². The van der Waals surface area contributed by atoms with Crippen molar-refractivity contribution in [2.75, 3.05) is 0 Å². The van der Waals surface area contributed by atoms with Crippen molar-refractivity contribution in [2.45, 2.75) is 31.6 Å². The fourth-order valence-electron chi connectivity index (χ4n) is 1.73. The van der Waals surface area contributed by atoms with Crippen LogP contribution in [0.15, 0.2) is 28.3 Å². The highest BCUT2D eigenvalue weighted by Gasteiger charge is 2.42. The molecule has 2 rings (SSSR count). The Morgan fingerprint density at radius 1 is 1.42 bits per heavy atom. The smallest absolute Gasteiger partial charge is 0.332 e. The molecule has 100 valence electrons. The largest absolute Gasteiger partial charge is 0.605 e. The van der Waals surface area contributed by atoms with Crippen molar-refractivity contribution in [2.24, 2.45) is 5.16 Å². The first kappa shape index (κ1) is 13.8. The molecule has 1 atom stereocenters. The Morgan fingerprint density at radius 3 is 2.68 bits per heavy atom. The zero-order valence-electron chi connectivity index (χ0n) is 10.8. The second kappa shape index (κ2) is 5.14. The van der Waals surface area contributed by atoms with E-state index in [4.69, 9.17) is 0 Å². The van der Waals surface area contributed by atoms with Gasteiger partial charge in [0, 0.05) is 6.92 Å². The Bertz CT molecular complexity index is 580. The molecule has 1 aromatic carbocycles. The quantitative estimate of drug-likeness (QED) is 0.471. The van der Waals surface area contributed by atoms with Crippen LogP contribution < -0.4 is 0 Å². The third-order valence-electron chi connectivity index (χ3n) is 2.74. The summed E-state index contributed by atoms with van der Waals surface area (Å²) in [4.78, 5) is 27.6. The molecule has 0 radical (unpaired) electrons. The molecule has 0 amide bonds. The van der Waals surface area contributed by atoms with Crippen LogP contribution in [0, 0.1) is 0 Å². The summed E-state index contributed by atoms with van der Waals surface area (Å²) in [5, 5.41) is 3.16. The van der Waals surface area contributed by atoms with Crippen LogP contribution in [0.2, 0.25) is 0 Å². The number of hydrogen-bond donors (Lipinski definition) is 0. The Kier molecular flexibility index (Phi) is 3.73. The van der Waals surface area contributed by atoms with E-state index in [9.17, 15) is 14.1 Å². The molecule has 5 nitrogen and oxygen atoms in total. The molecule has 1 heterocycles. The third-order valence-corrected chi connectivity index (χ3v) is 4.11. The lowest BCUT2D eigenvalue weighted by Crippen LogP contribution is -2.16. The Morgan fingerprint density at radius 2 is 2.11 bits per heavy atom. The van der Waals surface area contributed by atoms with Gasteiger partial charge in [0.2, 0.25) is 0 Å². The molecule has 1 unspecified atom stereocenters. The van der Waals surface area contributed by atoms with Gasteiger partial charge < -0.3 is 9.39 Å². The van der Waals surface area contributed by atoms with Crippen molar-refractivity contribution in [3.8, 4) is 0 Å². The van der Waals surface area contributed by atoms with E-state index in [0.717, 1.165) is 12.5 Å².